The molecule has 0 aliphatic carbocycles. The summed E-state index contributed by atoms with van der Waals surface area (Å²) in [5, 5.41) is 23.7. The lowest BCUT2D eigenvalue weighted by Crippen LogP contribution is -2.27. The molecule has 0 aliphatic heterocycles. The molecule has 0 aliphatic rings. The highest BCUT2D eigenvalue weighted by molar-refractivity contribution is 5.97. The van der Waals surface area contributed by atoms with Crippen LogP contribution < -0.4 is 0 Å². The van der Waals surface area contributed by atoms with Crippen LogP contribution in [-0.4, -0.2) is 28.2 Å². The van der Waals surface area contributed by atoms with E-state index in [9.17, 15) is 9.59 Å². The molecule has 0 saturated carbocycles. The van der Waals surface area contributed by atoms with E-state index in [1.54, 1.807) is 30.3 Å². The number of aliphatic carboxylic acids is 2. The summed E-state index contributed by atoms with van der Waals surface area (Å²) in [6.07, 6.45) is 0. The van der Waals surface area contributed by atoms with Crippen LogP contribution in [0.1, 0.15) is 0 Å². The van der Waals surface area contributed by atoms with E-state index in [4.69, 9.17) is 10.2 Å². The van der Waals surface area contributed by atoms with Crippen LogP contribution in [-0.2, 0) is 9.59 Å². The van der Waals surface area contributed by atoms with Gasteiger partial charge in [0.15, 0.2) is 0 Å². The van der Waals surface area contributed by atoms with Crippen LogP contribution >= 0.6 is 0 Å². The Kier molecular flexibility index (Phi) is 3.50. The topological polar surface area (TPSA) is 99.3 Å². The molecule has 15 heavy (non-hydrogen) atoms. The zero-order chi connectivity index (χ0) is 11.3. The van der Waals surface area contributed by atoms with Crippen LogP contribution in [0.25, 0.3) is 0 Å². The molecule has 0 saturated heterocycles. The van der Waals surface area contributed by atoms with Gasteiger partial charge in [0.2, 0.25) is 0 Å². The normalized spacial score (nSPS) is 10.7. The maximum absolute atomic E-state index is 10.4. The first-order chi connectivity index (χ1) is 7.11. The van der Waals surface area contributed by atoms with Gasteiger partial charge in [0, 0.05) is 0 Å². The van der Waals surface area contributed by atoms with Crippen LogP contribution in [0, 0.1) is 0 Å². The molecule has 2 N–H and O–H groups in total. The zero-order valence-corrected chi connectivity index (χ0v) is 7.57. The fraction of sp³-hybridized carbons (Fsp3) is 0.111. The summed E-state index contributed by atoms with van der Waals surface area (Å²) in [6, 6.07) is 6.44. The number of hydrogen-bond acceptors (Lipinski definition) is 4. The molecule has 0 spiro atoms. The summed E-state index contributed by atoms with van der Waals surface area (Å²) in [5.74, 6) is -3.08. The Hall–Kier alpha value is -2.24. The molecule has 6 nitrogen and oxygen atoms in total. The summed E-state index contributed by atoms with van der Waals surface area (Å²) >= 11 is 0. The number of rotatable bonds is 4. The summed E-state index contributed by atoms with van der Waals surface area (Å²) in [7, 11) is 0. The van der Waals surface area contributed by atoms with Gasteiger partial charge in [-0.3, -0.25) is 0 Å². The molecular formula is C9H8N2O4. The average Bonchev–Trinajstić information content (AvgIpc) is 2.18. The first-order valence-electron chi connectivity index (χ1n) is 4.03. The van der Waals surface area contributed by atoms with Crippen LogP contribution in [0.4, 0.5) is 5.69 Å². The predicted molar refractivity (Wildman–Crippen MR) is 50.0 cm³/mol. The van der Waals surface area contributed by atoms with E-state index < -0.39 is 18.0 Å². The maximum Gasteiger partial charge on any atom is 0.342 e. The van der Waals surface area contributed by atoms with E-state index in [0.29, 0.717) is 5.69 Å². The summed E-state index contributed by atoms with van der Waals surface area (Å²) in [6.45, 7) is 0. The van der Waals surface area contributed by atoms with Crippen LogP contribution in [0.5, 0.6) is 0 Å². The quantitative estimate of drug-likeness (QED) is 0.575. The van der Waals surface area contributed by atoms with Crippen LogP contribution in [0.2, 0.25) is 0 Å². The van der Waals surface area contributed by atoms with Crippen molar-refractivity contribution in [2.24, 2.45) is 10.2 Å². The third-order valence-electron chi connectivity index (χ3n) is 1.51. The van der Waals surface area contributed by atoms with Gasteiger partial charge in [-0.25, -0.2) is 9.59 Å². The molecule has 1 rings (SSSR count). The first-order valence-corrected chi connectivity index (χ1v) is 4.03. The molecule has 1 aromatic rings. The van der Waals surface area contributed by atoms with Crippen molar-refractivity contribution in [2.45, 2.75) is 6.04 Å². The molecule has 1 aromatic carbocycles. The van der Waals surface area contributed by atoms with Gasteiger partial charge in [-0.05, 0) is 12.1 Å². The monoisotopic (exact) mass is 208 g/mol. The number of carbonyl (C=O) groups is 2. The second-order valence-corrected chi connectivity index (χ2v) is 2.63. The largest absolute Gasteiger partial charge is 0.479 e. The van der Waals surface area contributed by atoms with Gasteiger partial charge in [0.25, 0.3) is 6.04 Å². The predicted octanol–water partition coefficient (Wildman–Crippen LogP) is 1.31. The lowest BCUT2D eigenvalue weighted by atomic mass is 10.3. The Morgan fingerprint density at radius 1 is 1.07 bits per heavy atom. The minimum Gasteiger partial charge on any atom is -0.479 e. The lowest BCUT2D eigenvalue weighted by molar-refractivity contribution is -0.149. The van der Waals surface area contributed by atoms with Crippen LogP contribution in [0.3, 0.4) is 0 Å². The number of carboxylic acid groups (broad SMARTS) is 2. The Morgan fingerprint density at radius 3 is 2.07 bits per heavy atom. The molecule has 0 radical (unpaired) electrons. The van der Waals surface area contributed by atoms with Gasteiger partial charge in [0.05, 0.1) is 5.69 Å². The standard InChI is InChI=1S/C9H8N2O4/c12-8(13)7(9(14)15)11-10-6-4-2-1-3-5-6/h1-5,7H,(H,12,13)(H,14,15). The first kappa shape index (κ1) is 10.8. The molecule has 0 amide bonds. The van der Waals surface area contributed by atoms with Gasteiger partial charge in [-0.2, -0.15) is 10.2 Å². The molecule has 78 valence electrons. The van der Waals surface area contributed by atoms with E-state index in [-0.39, 0.29) is 0 Å². The SMILES string of the molecule is O=C(O)C(N=Nc1ccccc1)C(=O)O. The third kappa shape index (κ3) is 3.18. The Bertz CT molecular complexity index is 374. The van der Waals surface area contributed by atoms with Crippen molar-refractivity contribution in [3.05, 3.63) is 30.3 Å². The van der Waals surface area contributed by atoms with Gasteiger partial charge < -0.3 is 10.2 Å². The minimum absolute atomic E-state index is 0.407. The molecule has 0 heterocycles. The van der Waals surface area contributed by atoms with Crippen LogP contribution in [0.15, 0.2) is 40.6 Å². The fourth-order valence-corrected chi connectivity index (χ4v) is 0.823. The smallest absolute Gasteiger partial charge is 0.342 e. The van der Waals surface area contributed by atoms with Crippen molar-refractivity contribution in [3.8, 4) is 0 Å². The molecule has 6 heteroatoms. The van der Waals surface area contributed by atoms with E-state index >= 15 is 0 Å². The van der Waals surface area contributed by atoms with Crippen molar-refractivity contribution in [1.29, 1.82) is 0 Å². The second-order valence-electron chi connectivity index (χ2n) is 2.63. The Balaban J connectivity index is 2.79. The van der Waals surface area contributed by atoms with E-state index in [1.807, 2.05) is 0 Å². The third-order valence-corrected chi connectivity index (χ3v) is 1.51. The highest BCUT2D eigenvalue weighted by Crippen LogP contribution is 2.11. The van der Waals surface area contributed by atoms with Crippen molar-refractivity contribution in [1.82, 2.24) is 0 Å². The Morgan fingerprint density at radius 2 is 1.60 bits per heavy atom. The number of benzene rings is 1. The number of nitrogens with zero attached hydrogens (tertiary/aromatic N) is 2. The number of carboxylic acids is 2. The summed E-state index contributed by atoms with van der Waals surface area (Å²) in [5.41, 5.74) is 0.407. The Labute approximate surface area is 84.9 Å². The van der Waals surface area contributed by atoms with Crippen molar-refractivity contribution >= 4 is 17.6 Å². The summed E-state index contributed by atoms with van der Waals surface area (Å²) in [4.78, 5) is 20.9. The lowest BCUT2D eigenvalue weighted by Gasteiger charge is -1.98. The molecule has 0 unspecified atom stereocenters. The number of hydrogen-bond donors (Lipinski definition) is 2. The molecule has 0 fully saturated rings. The van der Waals surface area contributed by atoms with Gasteiger partial charge in [-0.15, -0.1) is 0 Å². The average molecular weight is 208 g/mol. The van der Waals surface area contributed by atoms with Crippen molar-refractivity contribution in [2.75, 3.05) is 0 Å². The number of azo groups is 1. The summed E-state index contributed by atoms with van der Waals surface area (Å²) < 4.78 is 0. The highest BCUT2D eigenvalue weighted by atomic mass is 16.4. The molecular weight excluding hydrogens is 200 g/mol. The zero-order valence-electron chi connectivity index (χ0n) is 7.57. The maximum atomic E-state index is 10.4. The molecule has 0 aromatic heterocycles. The molecule has 0 bridgehead atoms. The van der Waals surface area contributed by atoms with Gasteiger partial charge >= 0.3 is 11.9 Å². The highest BCUT2D eigenvalue weighted by Gasteiger charge is 2.25. The van der Waals surface area contributed by atoms with E-state index in [0.717, 1.165) is 0 Å². The fourth-order valence-electron chi connectivity index (χ4n) is 0.823. The van der Waals surface area contributed by atoms with E-state index in [2.05, 4.69) is 10.2 Å². The molecule has 0 atom stereocenters. The van der Waals surface area contributed by atoms with Crippen molar-refractivity contribution in [3.63, 3.8) is 0 Å². The van der Waals surface area contributed by atoms with E-state index in [1.165, 1.54) is 0 Å². The van der Waals surface area contributed by atoms with Crippen molar-refractivity contribution < 1.29 is 19.8 Å². The second kappa shape index (κ2) is 4.85. The minimum atomic E-state index is -1.86. The van der Waals surface area contributed by atoms with Gasteiger partial charge in [0.1, 0.15) is 0 Å². The van der Waals surface area contributed by atoms with Gasteiger partial charge in [-0.1, -0.05) is 18.2 Å².